The van der Waals surface area contributed by atoms with Gasteiger partial charge in [-0.2, -0.15) is 0 Å². The highest BCUT2D eigenvalue weighted by molar-refractivity contribution is 6.05. The molecule has 1 aromatic rings. The number of hydrogen-bond donors (Lipinski definition) is 3. The van der Waals surface area contributed by atoms with Crippen LogP contribution in [0.1, 0.15) is 44.1 Å². The fourth-order valence-electron chi connectivity index (χ4n) is 2.74. The zero-order valence-electron chi connectivity index (χ0n) is 11.8. The monoisotopic (exact) mass is 293 g/mol. The van der Waals surface area contributed by atoms with E-state index in [2.05, 4.69) is 10.5 Å². The molecule has 0 radical (unpaired) electrons. The summed E-state index contributed by atoms with van der Waals surface area (Å²) < 4.78 is 13.2. The van der Waals surface area contributed by atoms with Crippen LogP contribution in [0, 0.1) is 11.7 Å². The number of rotatable bonds is 5. The lowest BCUT2D eigenvalue weighted by molar-refractivity contribution is -0.116. The van der Waals surface area contributed by atoms with E-state index in [1.807, 2.05) is 0 Å². The van der Waals surface area contributed by atoms with Crippen LogP contribution in [0.3, 0.4) is 0 Å². The Morgan fingerprint density at radius 3 is 2.81 bits per heavy atom. The number of carbonyl (C=O) groups is 1. The summed E-state index contributed by atoms with van der Waals surface area (Å²) in [7, 11) is 0. The van der Waals surface area contributed by atoms with Gasteiger partial charge in [-0.15, -0.1) is 0 Å². The van der Waals surface area contributed by atoms with Crippen molar-refractivity contribution in [3.8, 4) is 0 Å². The molecular weight excluding hydrogens is 273 g/mol. The molecule has 114 valence electrons. The van der Waals surface area contributed by atoms with E-state index in [1.54, 1.807) is 0 Å². The maximum atomic E-state index is 13.2. The van der Waals surface area contributed by atoms with Gasteiger partial charge in [0.05, 0.1) is 5.69 Å². The molecule has 21 heavy (non-hydrogen) atoms. The van der Waals surface area contributed by atoms with E-state index in [1.165, 1.54) is 37.8 Å². The van der Waals surface area contributed by atoms with Gasteiger partial charge in [0.25, 0.3) is 0 Å². The Labute approximate surface area is 123 Å². The van der Waals surface area contributed by atoms with Crippen molar-refractivity contribution in [3.05, 3.63) is 29.6 Å². The zero-order chi connectivity index (χ0) is 15.2. The predicted octanol–water partition coefficient (Wildman–Crippen LogP) is 2.83. The Balaban J connectivity index is 1.99. The van der Waals surface area contributed by atoms with Gasteiger partial charge in [-0.05, 0) is 30.5 Å². The van der Waals surface area contributed by atoms with E-state index >= 15 is 0 Å². The molecule has 1 aromatic carbocycles. The number of nitrogens with zero attached hydrogens (tertiary/aromatic N) is 1. The Kier molecular flexibility index (Phi) is 5.14. The maximum Gasteiger partial charge on any atom is 0.224 e. The van der Waals surface area contributed by atoms with Crippen molar-refractivity contribution in [2.75, 3.05) is 5.32 Å². The van der Waals surface area contributed by atoms with Crippen LogP contribution in [-0.4, -0.2) is 17.0 Å². The highest BCUT2D eigenvalue weighted by atomic mass is 19.1. The largest absolute Gasteiger partial charge is 0.409 e. The summed E-state index contributed by atoms with van der Waals surface area (Å²) in [5.74, 6) is -0.255. The lowest BCUT2D eigenvalue weighted by Crippen LogP contribution is -2.19. The first-order valence-corrected chi connectivity index (χ1v) is 7.17. The van der Waals surface area contributed by atoms with Gasteiger partial charge in [0, 0.05) is 12.0 Å². The lowest BCUT2D eigenvalue weighted by Gasteiger charge is -2.12. The van der Waals surface area contributed by atoms with Crippen LogP contribution in [0.15, 0.2) is 23.4 Å². The molecule has 0 unspecified atom stereocenters. The van der Waals surface area contributed by atoms with Gasteiger partial charge >= 0.3 is 0 Å². The number of hydrogen-bond acceptors (Lipinski definition) is 3. The number of carbonyl (C=O) groups excluding carboxylic acids is 1. The molecule has 6 heteroatoms. The summed E-state index contributed by atoms with van der Waals surface area (Å²) >= 11 is 0. The van der Waals surface area contributed by atoms with Crippen molar-refractivity contribution >= 4 is 17.4 Å². The van der Waals surface area contributed by atoms with Crippen molar-refractivity contribution in [2.24, 2.45) is 16.8 Å². The van der Waals surface area contributed by atoms with Crippen molar-refractivity contribution < 1.29 is 14.4 Å². The first-order chi connectivity index (χ1) is 10.1. The molecular formula is C15H20FN3O2. The third kappa shape index (κ3) is 4.18. The molecule has 0 atom stereocenters. The van der Waals surface area contributed by atoms with Crippen molar-refractivity contribution in [3.63, 3.8) is 0 Å². The van der Waals surface area contributed by atoms with Gasteiger partial charge in [-0.3, -0.25) is 4.79 Å². The number of oxime groups is 1. The molecule has 4 N–H and O–H groups in total. The summed E-state index contributed by atoms with van der Waals surface area (Å²) in [6.45, 7) is 0. The molecule has 0 spiro atoms. The second-order valence-corrected chi connectivity index (χ2v) is 5.41. The van der Waals surface area contributed by atoms with Crippen LogP contribution in [0.2, 0.25) is 0 Å². The van der Waals surface area contributed by atoms with Crippen LogP contribution in [0.5, 0.6) is 0 Å². The third-order valence-corrected chi connectivity index (χ3v) is 3.89. The quantitative estimate of drug-likeness (QED) is 0.337. The van der Waals surface area contributed by atoms with Crippen molar-refractivity contribution in [2.45, 2.75) is 38.5 Å². The number of halogens is 1. The normalized spacial score (nSPS) is 16.1. The highest BCUT2D eigenvalue weighted by Gasteiger charge is 2.17. The molecule has 1 fully saturated rings. The van der Waals surface area contributed by atoms with E-state index < -0.39 is 5.82 Å². The first kappa shape index (κ1) is 15.3. The summed E-state index contributed by atoms with van der Waals surface area (Å²) in [6.07, 6.45) is 6.18. The SMILES string of the molecule is N/C(=N/O)c1cc(F)ccc1NC(=O)CCC1CCCC1. The van der Waals surface area contributed by atoms with Gasteiger partial charge in [0.2, 0.25) is 5.91 Å². The van der Waals surface area contributed by atoms with Crippen LogP contribution in [-0.2, 0) is 4.79 Å². The van der Waals surface area contributed by atoms with Crippen LogP contribution >= 0.6 is 0 Å². The Hall–Kier alpha value is -2.11. The maximum absolute atomic E-state index is 13.2. The molecule has 1 aliphatic carbocycles. The summed E-state index contributed by atoms with van der Waals surface area (Å²) in [5, 5.41) is 14.3. The third-order valence-electron chi connectivity index (χ3n) is 3.89. The lowest BCUT2D eigenvalue weighted by atomic mass is 10.0. The number of nitrogens with one attached hydrogen (secondary N) is 1. The first-order valence-electron chi connectivity index (χ1n) is 7.17. The van der Waals surface area contributed by atoms with Crippen LogP contribution < -0.4 is 11.1 Å². The van der Waals surface area contributed by atoms with Crippen molar-refractivity contribution in [1.29, 1.82) is 0 Å². The molecule has 1 aliphatic rings. The Morgan fingerprint density at radius 2 is 2.14 bits per heavy atom. The average Bonchev–Trinajstić information content (AvgIpc) is 2.99. The minimum absolute atomic E-state index is 0.138. The number of benzene rings is 1. The molecule has 5 nitrogen and oxygen atoms in total. The van der Waals surface area contributed by atoms with Crippen LogP contribution in [0.25, 0.3) is 0 Å². The minimum atomic E-state index is -0.513. The van der Waals surface area contributed by atoms with Gasteiger partial charge < -0.3 is 16.3 Å². The number of anilines is 1. The summed E-state index contributed by atoms with van der Waals surface area (Å²) in [4.78, 5) is 12.0. The molecule has 1 saturated carbocycles. The number of nitrogens with two attached hydrogens (primary N) is 1. The van der Waals surface area contributed by atoms with E-state index in [9.17, 15) is 9.18 Å². The standard InChI is InChI=1S/C15H20FN3O2/c16-11-6-7-13(12(9-11)15(17)19-21)18-14(20)8-5-10-3-1-2-4-10/h6-7,9-10,21H,1-5,8H2,(H2,17,19)(H,18,20). The van der Waals surface area contributed by atoms with E-state index in [4.69, 9.17) is 10.9 Å². The number of amides is 1. The second-order valence-electron chi connectivity index (χ2n) is 5.41. The molecule has 0 bridgehead atoms. The van der Waals surface area contributed by atoms with Gasteiger partial charge in [0.1, 0.15) is 5.82 Å². The molecule has 0 heterocycles. The average molecular weight is 293 g/mol. The molecule has 0 saturated heterocycles. The van der Waals surface area contributed by atoms with E-state index in [-0.39, 0.29) is 17.3 Å². The Bertz CT molecular complexity index is 540. The summed E-state index contributed by atoms with van der Waals surface area (Å²) in [6, 6.07) is 3.76. The minimum Gasteiger partial charge on any atom is -0.409 e. The Morgan fingerprint density at radius 1 is 1.43 bits per heavy atom. The second kappa shape index (κ2) is 7.06. The van der Waals surface area contributed by atoms with E-state index in [0.717, 1.165) is 12.5 Å². The molecule has 2 rings (SSSR count). The van der Waals surface area contributed by atoms with E-state index in [0.29, 0.717) is 18.0 Å². The molecule has 0 aliphatic heterocycles. The van der Waals surface area contributed by atoms with Crippen molar-refractivity contribution in [1.82, 2.24) is 0 Å². The fraction of sp³-hybridized carbons (Fsp3) is 0.467. The van der Waals surface area contributed by atoms with Gasteiger partial charge in [0.15, 0.2) is 5.84 Å². The predicted molar refractivity (Wildman–Crippen MR) is 78.7 cm³/mol. The fourth-order valence-corrected chi connectivity index (χ4v) is 2.74. The highest BCUT2D eigenvalue weighted by Crippen LogP contribution is 2.28. The smallest absolute Gasteiger partial charge is 0.224 e. The zero-order valence-corrected chi connectivity index (χ0v) is 11.8. The molecule has 0 aromatic heterocycles. The molecule has 1 amide bonds. The topological polar surface area (TPSA) is 87.7 Å². The van der Waals surface area contributed by atoms with Gasteiger partial charge in [-0.25, -0.2) is 4.39 Å². The van der Waals surface area contributed by atoms with Crippen LogP contribution in [0.4, 0.5) is 10.1 Å². The van der Waals surface area contributed by atoms with Gasteiger partial charge in [-0.1, -0.05) is 30.8 Å². The summed E-state index contributed by atoms with van der Waals surface area (Å²) in [5.41, 5.74) is 6.02. The number of amidine groups is 1.